The summed E-state index contributed by atoms with van der Waals surface area (Å²) in [6.07, 6.45) is -4.09. The fourth-order valence-electron chi connectivity index (χ4n) is 2.92. The van der Waals surface area contributed by atoms with Crippen molar-refractivity contribution in [1.82, 2.24) is 0 Å². The number of β-amino-alcohol motifs (C(OH)–C–C–N with tert-alkyl or cyclic N) is 1. The fourth-order valence-corrected chi connectivity index (χ4v) is 2.92. The lowest BCUT2D eigenvalue weighted by atomic mass is 10.0. The highest BCUT2D eigenvalue weighted by Gasteiger charge is 2.31. The SMILES string of the molecule is COC(=O)C1=Nc2cc(C)c(C)cc2N(C[C@H](O)[C@H](O)[C@H](O)COCCO)C1. The summed E-state index contributed by atoms with van der Waals surface area (Å²) in [6, 6.07) is 3.75. The largest absolute Gasteiger partial charge is 0.464 e. The van der Waals surface area contributed by atoms with Crippen LogP contribution in [0.5, 0.6) is 0 Å². The molecule has 1 aromatic carbocycles. The van der Waals surface area contributed by atoms with Crippen LogP contribution in [0.15, 0.2) is 17.1 Å². The first-order chi connectivity index (χ1) is 13.3. The van der Waals surface area contributed by atoms with Crippen molar-refractivity contribution < 1.29 is 34.7 Å². The maximum Gasteiger partial charge on any atom is 0.354 e. The average molecular weight is 396 g/mol. The first kappa shape index (κ1) is 22.3. The number of ether oxygens (including phenoxy) is 2. The van der Waals surface area contributed by atoms with E-state index in [1.165, 1.54) is 7.11 Å². The third kappa shape index (κ3) is 5.27. The van der Waals surface area contributed by atoms with Crippen LogP contribution >= 0.6 is 0 Å². The summed E-state index contributed by atoms with van der Waals surface area (Å²) in [4.78, 5) is 18.1. The summed E-state index contributed by atoms with van der Waals surface area (Å²) in [5, 5.41) is 39.3. The van der Waals surface area contributed by atoms with Gasteiger partial charge in [-0.3, -0.25) is 0 Å². The van der Waals surface area contributed by atoms with Crippen molar-refractivity contribution in [2.24, 2.45) is 4.99 Å². The molecule has 28 heavy (non-hydrogen) atoms. The third-order valence-corrected chi connectivity index (χ3v) is 4.67. The maximum atomic E-state index is 12.0. The quantitative estimate of drug-likeness (QED) is 0.323. The Hall–Kier alpha value is -2.04. The number of benzene rings is 1. The van der Waals surface area contributed by atoms with Crippen LogP contribution in [0.4, 0.5) is 11.4 Å². The van der Waals surface area contributed by atoms with E-state index in [1.54, 1.807) is 4.90 Å². The lowest BCUT2D eigenvalue weighted by Gasteiger charge is -2.34. The van der Waals surface area contributed by atoms with E-state index in [-0.39, 0.29) is 38.6 Å². The second-order valence-corrected chi connectivity index (χ2v) is 6.78. The van der Waals surface area contributed by atoms with E-state index in [9.17, 15) is 20.1 Å². The van der Waals surface area contributed by atoms with Gasteiger partial charge < -0.3 is 34.8 Å². The molecule has 0 amide bonds. The molecule has 0 bridgehead atoms. The molecule has 0 fully saturated rings. The number of aliphatic hydroxyl groups excluding tert-OH is 4. The molecule has 0 saturated carbocycles. The zero-order chi connectivity index (χ0) is 20.8. The van der Waals surface area contributed by atoms with Crippen molar-refractivity contribution in [3.8, 4) is 0 Å². The minimum Gasteiger partial charge on any atom is -0.464 e. The monoisotopic (exact) mass is 396 g/mol. The Labute approximate surface area is 163 Å². The van der Waals surface area contributed by atoms with Crippen molar-refractivity contribution in [3.05, 3.63) is 23.3 Å². The lowest BCUT2D eigenvalue weighted by Crippen LogP contribution is -2.48. The van der Waals surface area contributed by atoms with Gasteiger partial charge in [-0.05, 0) is 37.1 Å². The van der Waals surface area contributed by atoms with Gasteiger partial charge in [0.25, 0.3) is 0 Å². The van der Waals surface area contributed by atoms with Crippen LogP contribution in [-0.2, 0) is 14.3 Å². The van der Waals surface area contributed by atoms with E-state index in [0.717, 1.165) is 11.1 Å². The van der Waals surface area contributed by atoms with Gasteiger partial charge in [0.2, 0.25) is 0 Å². The standard InChI is InChI=1S/C19H28N2O7/c1-11-6-13-15(7-12(11)2)21(8-14(20-13)19(26)27-3)9-16(23)18(25)17(24)10-28-5-4-22/h6-7,16-18,22-25H,4-5,8-10H2,1-3H3/t16-,17+,18-/m0/s1. The molecule has 0 unspecified atom stereocenters. The molecule has 3 atom stereocenters. The van der Waals surface area contributed by atoms with Gasteiger partial charge in [0.1, 0.15) is 17.9 Å². The molecular weight excluding hydrogens is 368 g/mol. The molecule has 1 heterocycles. The van der Waals surface area contributed by atoms with E-state index in [2.05, 4.69) is 4.99 Å². The van der Waals surface area contributed by atoms with Gasteiger partial charge in [-0.25, -0.2) is 9.79 Å². The number of esters is 1. The highest BCUT2D eigenvalue weighted by molar-refractivity contribution is 6.39. The van der Waals surface area contributed by atoms with Crippen LogP contribution in [0.25, 0.3) is 0 Å². The number of hydrogen-bond donors (Lipinski definition) is 4. The second kappa shape index (κ2) is 9.94. The summed E-state index contributed by atoms with van der Waals surface area (Å²) < 4.78 is 9.76. The number of hydrogen-bond acceptors (Lipinski definition) is 9. The molecule has 156 valence electrons. The predicted octanol–water partition coefficient (Wildman–Crippen LogP) is -0.539. The molecule has 9 heteroatoms. The maximum absolute atomic E-state index is 12.0. The minimum atomic E-state index is -1.46. The number of anilines is 1. The van der Waals surface area contributed by atoms with Crippen LogP contribution in [0.3, 0.4) is 0 Å². The molecule has 0 radical (unpaired) electrons. The molecular formula is C19H28N2O7. The topological polar surface area (TPSA) is 132 Å². The number of fused-ring (bicyclic) bond motifs is 1. The summed E-state index contributed by atoms with van der Waals surface area (Å²) in [7, 11) is 1.27. The molecule has 1 aliphatic rings. The Balaban J connectivity index is 2.19. The molecule has 1 aliphatic heterocycles. The summed E-state index contributed by atoms with van der Waals surface area (Å²) >= 11 is 0. The minimum absolute atomic E-state index is 0.0248. The lowest BCUT2D eigenvalue weighted by molar-refractivity contribution is -0.132. The highest BCUT2D eigenvalue weighted by Crippen LogP contribution is 2.35. The summed E-state index contributed by atoms with van der Waals surface area (Å²) in [5.41, 5.74) is 3.50. The van der Waals surface area contributed by atoms with Gasteiger partial charge in [-0.2, -0.15) is 0 Å². The highest BCUT2D eigenvalue weighted by atomic mass is 16.5. The van der Waals surface area contributed by atoms with E-state index >= 15 is 0 Å². The van der Waals surface area contributed by atoms with Crippen molar-refractivity contribution >= 4 is 23.1 Å². The summed E-state index contributed by atoms with van der Waals surface area (Å²) in [5.74, 6) is -0.568. The van der Waals surface area contributed by atoms with Crippen molar-refractivity contribution in [2.75, 3.05) is 44.9 Å². The van der Waals surface area contributed by atoms with Crippen molar-refractivity contribution in [3.63, 3.8) is 0 Å². The van der Waals surface area contributed by atoms with Gasteiger partial charge in [0, 0.05) is 6.54 Å². The van der Waals surface area contributed by atoms with Gasteiger partial charge in [-0.15, -0.1) is 0 Å². The fraction of sp³-hybridized carbons (Fsp3) is 0.579. The van der Waals surface area contributed by atoms with E-state index in [0.29, 0.717) is 11.4 Å². The number of methoxy groups -OCH3 is 1. The van der Waals surface area contributed by atoms with E-state index in [1.807, 2.05) is 26.0 Å². The van der Waals surface area contributed by atoms with Crippen LogP contribution in [0.1, 0.15) is 11.1 Å². The van der Waals surface area contributed by atoms with Crippen LogP contribution in [0, 0.1) is 13.8 Å². The number of aliphatic hydroxyl groups is 4. The predicted molar refractivity (Wildman–Crippen MR) is 103 cm³/mol. The van der Waals surface area contributed by atoms with E-state index in [4.69, 9.17) is 14.6 Å². The van der Waals surface area contributed by atoms with Gasteiger partial charge in [0.15, 0.2) is 0 Å². The molecule has 9 nitrogen and oxygen atoms in total. The summed E-state index contributed by atoms with van der Waals surface area (Å²) in [6.45, 7) is 3.54. The van der Waals surface area contributed by atoms with Crippen LogP contribution < -0.4 is 4.90 Å². The number of carbonyl (C=O) groups excluding carboxylic acids is 1. The number of carbonyl (C=O) groups is 1. The van der Waals surface area contributed by atoms with Crippen LogP contribution in [0.2, 0.25) is 0 Å². The van der Waals surface area contributed by atoms with Gasteiger partial charge >= 0.3 is 5.97 Å². The molecule has 0 saturated heterocycles. The molecule has 0 aliphatic carbocycles. The number of nitrogens with zero attached hydrogens (tertiary/aromatic N) is 2. The van der Waals surface area contributed by atoms with Gasteiger partial charge in [0.05, 0.1) is 51.0 Å². The molecule has 1 aromatic rings. The van der Waals surface area contributed by atoms with E-state index < -0.39 is 24.3 Å². The zero-order valence-electron chi connectivity index (χ0n) is 16.3. The molecule has 0 aromatic heterocycles. The first-order valence-electron chi connectivity index (χ1n) is 9.03. The van der Waals surface area contributed by atoms with Gasteiger partial charge in [-0.1, -0.05) is 0 Å². The second-order valence-electron chi connectivity index (χ2n) is 6.78. The molecule has 0 spiro atoms. The van der Waals surface area contributed by atoms with Crippen molar-refractivity contribution in [1.29, 1.82) is 0 Å². The number of aryl methyl sites for hydroxylation is 2. The third-order valence-electron chi connectivity index (χ3n) is 4.67. The Morgan fingerprint density at radius 3 is 2.54 bits per heavy atom. The number of aliphatic imine (C=N–C) groups is 1. The molecule has 2 rings (SSSR count). The smallest absolute Gasteiger partial charge is 0.354 e. The zero-order valence-corrected chi connectivity index (χ0v) is 16.3. The Morgan fingerprint density at radius 2 is 1.89 bits per heavy atom. The Kier molecular flexibility index (Phi) is 7.90. The Bertz CT molecular complexity index is 722. The normalized spacial score (nSPS) is 16.8. The van der Waals surface area contributed by atoms with Crippen molar-refractivity contribution in [2.45, 2.75) is 32.2 Å². The molecule has 4 N–H and O–H groups in total. The Morgan fingerprint density at radius 1 is 1.21 bits per heavy atom. The number of rotatable bonds is 9. The van der Waals surface area contributed by atoms with Crippen LogP contribution in [-0.4, -0.2) is 90.4 Å². The first-order valence-corrected chi connectivity index (χ1v) is 9.03. The average Bonchev–Trinajstić information content (AvgIpc) is 2.67.